The molecule has 158 valence electrons. The maximum Gasteiger partial charge on any atom is 0.354 e. The van der Waals surface area contributed by atoms with Gasteiger partial charge in [-0.15, -0.1) is 0 Å². The minimum absolute atomic E-state index is 0.188. The summed E-state index contributed by atoms with van der Waals surface area (Å²) in [5, 5.41) is 10.4. The van der Waals surface area contributed by atoms with Crippen LogP contribution in [0, 0.1) is 0 Å². The Balaban J connectivity index is 1.42. The van der Waals surface area contributed by atoms with Gasteiger partial charge in [0.05, 0.1) is 33.7 Å². The van der Waals surface area contributed by atoms with Gasteiger partial charge in [0.15, 0.2) is 5.69 Å². The molecule has 0 saturated heterocycles. The largest absolute Gasteiger partial charge is 0.493 e. The standard InChI is InChI=1S/C22H16Cl2N2O5/c23-12-9-15(24)19-16(10-12)25-17(22(29)30)11-18(19)31-8-4-3-7-26-20(27)13-5-1-2-6-14(13)21(26)28/h1-2,5-6,9-11H,3-4,7-8H2,(H,29,30). The first-order chi connectivity index (χ1) is 14.9. The van der Waals surface area contributed by atoms with Crippen molar-refractivity contribution in [2.24, 2.45) is 0 Å². The van der Waals surface area contributed by atoms with E-state index in [1.54, 1.807) is 24.3 Å². The molecule has 31 heavy (non-hydrogen) atoms. The molecule has 0 atom stereocenters. The van der Waals surface area contributed by atoms with Gasteiger partial charge >= 0.3 is 5.97 Å². The van der Waals surface area contributed by atoms with Gasteiger partial charge in [0, 0.05) is 17.6 Å². The van der Waals surface area contributed by atoms with Crippen LogP contribution in [0.25, 0.3) is 10.9 Å². The lowest BCUT2D eigenvalue weighted by atomic mass is 10.1. The summed E-state index contributed by atoms with van der Waals surface area (Å²) in [7, 11) is 0. The van der Waals surface area contributed by atoms with Crippen LogP contribution >= 0.6 is 23.2 Å². The minimum Gasteiger partial charge on any atom is -0.493 e. The monoisotopic (exact) mass is 458 g/mol. The topological polar surface area (TPSA) is 96.8 Å². The molecule has 2 aromatic carbocycles. The first-order valence-electron chi connectivity index (χ1n) is 9.48. The number of imide groups is 1. The van der Waals surface area contributed by atoms with E-state index >= 15 is 0 Å². The molecule has 0 aliphatic carbocycles. The van der Waals surface area contributed by atoms with Crippen molar-refractivity contribution in [1.82, 2.24) is 9.88 Å². The molecule has 4 rings (SSSR count). The van der Waals surface area contributed by atoms with Crippen LogP contribution in [0.4, 0.5) is 0 Å². The Kier molecular flexibility index (Phi) is 5.80. The second-order valence-electron chi connectivity index (χ2n) is 6.96. The van der Waals surface area contributed by atoms with Crippen molar-refractivity contribution in [3.63, 3.8) is 0 Å². The lowest BCUT2D eigenvalue weighted by Gasteiger charge is -2.14. The van der Waals surface area contributed by atoms with E-state index in [4.69, 9.17) is 27.9 Å². The van der Waals surface area contributed by atoms with Crippen LogP contribution in [-0.2, 0) is 0 Å². The van der Waals surface area contributed by atoms with Crippen LogP contribution < -0.4 is 4.74 Å². The average molecular weight is 459 g/mol. The second kappa shape index (κ2) is 8.53. The summed E-state index contributed by atoms with van der Waals surface area (Å²) in [6.07, 6.45) is 1.06. The molecule has 2 heterocycles. The van der Waals surface area contributed by atoms with E-state index in [9.17, 15) is 19.5 Å². The number of unbranched alkanes of at least 4 members (excludes halogenated alkanes) is 1. The number of carbonyl (C=O) groups excluding carboxylic acids is 2. The molecule has 9 heteroatoms. The molecule has 0 bridgehead atoms. The normalized spacial score (nSPS) is 13.0. The number of ether oxygens (including phenoxy) is 1. The van der Waals surface area contributed by atoms with Gasteiger partial charge in [-0.1, -0.05) is 35.3 Å². The summed E-state index contributed by atoms with van der Waals surface area (Å²) in [4.78, 5) is 41.5. The Morgan fingerprint density at radius 3 is 2.35 bits per heavy atom. The lowest BCUT2D eigenvalue weighted by Crippen LogP contribution is -2.30. The second-order valence-corrected chi connectivity index (χ2v) is 7.80. The minimum atomic E-state index is -1.20. The zero-order valence-corrected chi connectivity index (χ0v) is 17.6. The number of nitrogens with zero attached hydrogens (tertiary/aromatic N) is 2. The molecule has 1 aliphatic heterocycles. The molecule has 0 fully saturated rings. The van der Waals surface area contributed by atoms with Gasteiger partial charge in [-0.05, 0) is 37.1 Å². The lowest BCUT2D eigenvalue weighted by molar-refractivity contribution is 0.0646. The van der Waals surface area contributed by atoms with Crippen LogP contribution in [0.3, 0.4) is 0 Å². The van der Waals surface area contributed by atoms with E-state index in [2.05, 4.69) is 4.98 Å². The van der Waals surface area contributed by atoms with Crippen LogP contribution in [0.5, 0.6) is 5.75 Å². The Morgan fingerprint density at radius 2 is 1.71 bits per heavy atom. The Bertz CT molecular complexity index is 1190. The SMILES string of the molecule is O=C(O)c1cc(OCCCCN2C(=O)c3ccccc3C2=O)c2c(Cl)cc(Cl)cc2n1. The third kappa shape index (κ3) is 4.06. The number of carboxylic acid groups (broad SMARTS) is 1. The third-order valence-corrected chi connectivity index (χ3v) is 5.44. The number of carboxylic acids is 1. The van der Waals surface area contributed by atoms with E-state index in [0.29, 0.717) is 44.9 Å². The fraction of sp³-hybridized carbons (Fsp3) is 0.182. The van der Waals surface area contributed by atoms with Crippen molar-refractivity contribution in [2.45, 2.75) is 12.8 Å². The number of hydrogen-bond acceptors (Lipinski definition) is 5. The summed E-state index contributed by atoms with van der Waals surface area (Å²) in [5.74, 6) is -1.51. The van der Waals surface area contributed by atoms with Gasteiger partial charge < -0.3 is 9.84 Å². The van der Waals surface area contributed by atoms with E-state index < -0.39 is 5.97 Å². The maximum atomic E-state index is 12.4. The van der Waals surface area contributed by atoms with E-state index in [1.165, 1.54) is 23.1 Å². The number of aromatic nitrogens is 1. The number of amides is 2. The molecule has 7 nitrogen and oxygen atoms in total. The number of rotatable bonds is 7. The van der Waals surface area contributed by atoms with Gasteiger partial charge in [-0.25, -0.2) is 9.78 Å². The van der Waals surface area contributed by atoms with Crippen LogP contribution in [0.1, 0.15) is 44.0 Å². The number of hydrogen-bond donors (Lipinski definition) is 1. The molecule has 0 saturated carbocycles. The zero-order valence-electron chi connectivity index (χ0n) is 16.1. The van der Waals surface area contributed by atoms with Gasteiger partial charge in [-0.3, -0.25) is 14.5 Å². The van der Waals surface area contributed by atoms with Crippen molar-refractivity contribution in [2.75, 3.05) is 13.2 Å². The maximum absolute atomic E-state index is 12.4. The Hall–Kier alpha value is -3.16. The number of aromatic carboxylic acids is 1. The number of pyridine rings is 1. The predicted molar refractivity (Wildman–Crippen MR) is 115 cm³/mol. The molecule has 1 N–H and O–H groups in total. The van der Waals surface area contributed by atoms with Crippen LogP contribution in [0.15, 0.2) is 42.5 Å². The van der Waals surface area contributed by atoms with Crippen molar-refractivity contribution < 1.29 is 24.2 Å². The third-order valence-electron chi connectivity index (χ3n) is 4.92. The molecule has 2 amide bonds. The van der Waals surface area contributed by atoms with Gasteiger partial charge in [0.1, 0.15) is 5.75 Å². The summed E-state index contributed by atoms with van der Waals surface area (Å²) >= 11 is 12.3. The summed E-state index contributed by atoms with van der Waals surface area (Å²) in [6.45, 7) is 0.504. The average Bonchev–Trinajstić information content (AvgIpc) is 2.97. The van der Waals surface area contributed by atoms with Gasteiger partial charge in [0.25, 0.3) is 11.8 Å². The molecule has 3 aromatic rings. The molecular formula is C22H16Cl2N2O5. The highest BCUT2D eigenvalue weighted by Gasteiger charge is 2.34. The number of halogens is 2. The first kappa shape index (κ1) is 21.1. The molecule has 0 unspecified atom stereocenters. The van der Waals surface area contributed by atoms with E-state index in [0.717, 1.165) is 0 Å². The van der Waals surface area contributed by atoms with Crippen molar-refractivity contribution in [3.8, 4) is 5.75 Å². The fourth-order valence-corrected chi connectivity index (χ4v) is 4.05. The molecular weight excluding hydrogens is 443 g/mol. The van der Waals surface area contributed by atoms with Crippen LogP contribution in [0.2, 0.25) is 10.0 Å². The predicted octanol–water partition coefficient (Wildman–Crippen LogP) is 4.70. The highest BCUT2D eigenvalue weighted by atomic mass is 35.5. The zero-order chi connectivity index (χ0) is 22.1. The highest BCUT2D eigenvalue weighted by molar-refractivity contribution is 6.39. The Morgan fingerprint density at radius 1 is 1.03 bits per heavy atom. The summed E-state index contributed by atoms with van der Waals surface area (Å²) in [6, 6.07) is 11.1. The molecule has 0 radical (unpaired) electrons. The quantitative estimate of drug-likeness (QED) is 0.407. The first-order valence-corrected chi connectivity index (χ1v) is 10.2. The van der Waals surface area contributed by atoms with Crippen LogP contribution in [-0.4, -0.2) is 45.9 Å². The Labute approximate surface area is 187 Å². The molecule has 0 spiro atoms. The summed E-state index contributed by atoms with van der Waals surface area (Å²) in [5.41, 5.74) is 0.966. The highest BCUT2D eigenvalue weighted by Crippen LogP contribution is 2.34. The van der Waals surface area contributed by atoms with Crippen molar-refractivity contribution >= 4 is 51.9 Å². The number of benzene rings is 2. The molecule has 1 aliphatic rings. The van der Waals surface area contributed by atoms with Crippen molar-refractivity contribution in [1.29, 1.82) is 0 Å². The number of carbonyl (C=O) groups is 3. The van der Waals surface area contributed by atoms with Gasteiger partial charge in [-0.2, -0.15) is 0 Å². The van der Waals surface area contributed by atoms with Crippen molar-refractivity contribution in [3.05, 3.63) is 69.3 Å². The van der Waals surface area contributed by atoms with Gasteiger partial charge in [0.2, 0.25) is 0 Å². The van der Waals surface area contributed by atoms with E-state index in [-0.39, 0.29) is 36.4 Å². The molecule has 1 aromatic heterocycles. The smallest absolute Gasteiger partial charge is 0.354 e. The van der Waals surface area contributed by atoms with E-state index in [1.807, 2.05) is 0 Å². The fourth-order valence-electron chi connectivity index (χ4n) is 3.47. The number of fused-ring (bicyclic) bond motifs is 2. The summed E-state index contributed by atoms with van der Waals surface area (Å²) < 4.78 is 5.79.